The van der Waals surface area contributed by atoms with Gasteiger partial charge in [0, 0.05) is 23.9 Å². The van der Waals surface area contributed by atoms with Gasteiger partial charge >= 0.3 is 6.18 Å². The predicted molar refractivity (Wildman–Crippen MR) is 96.6 cm³/mol. The molecule has 150 valence electrons. The standard InChI is InChI=1S/C19H22F3N5O/c1-18(2,3)13(9-28)25-17(19(20,21)22)15-12-7-10-6-11(10)16(12)27(26-15)14-8-23-4-5-24-14/h4-5,8,10-11,13,28H,6-7,9H2,1-3H3/t10-,11-,13?/m0/s1. The van der Waals surface area contributed by atoms with Crippen LogP contribution in [0.3, 0.4) is 0 Å². The molecule has 1 N–H and O–H groups in total. The minimum Gasteiger partial charge on any atom is -0.394 e. The summed E-state index contributed by atoms with van der Waals surface area (Å²) >= 11 is 0. The second kappa shape index (κ2) is 6.37. The summed E-state index contributed by atoms with van der Waals surface area (Å²) in [4.78, 5) is 12.2. The lowest BCUT2D eigenvalue weighted by Gasteiger charge is -2.26. The Balaban J connectivity index is 1.88. The van der Waals surface area contributed by atoms with Gasteiger partial charge in [0.1, 0.15) is 5.69 Å². The first-order chi connectivity index (χ1) is 13.1. The van der Waals surface area contributed by atoms with E-state index in [1.165, 1.54) is 23.3 Å². The largest absolute Gasteiger partial charge is 0.435 e. The number of aliphatic imine (C=N–C) groups is 1. The molecule has 0 bridgehead atoms. The van der Waals surface area contributed by atoms with Crippen LogP contribution in [0, 0.1) is 11.3 Å². The van der Waals surface area contributed by atoms with Gasteiger partial charge in [-0.25, -0.2) is 9.67 Å². The van der Waals surface area contributed by atoms with E-state index in [0.717, 1.165) is 12.1 Å². The predicted octanol–water partition coefficient (Wildman–Crippen LogP) is 3.08. The van der Waals surface area contributed by atoms with E-state index in [-0.39, 0.29) is 11.6 Å². The molecular formula is C19H22F3N5O. The van der Waals surface area contributed by atoms with Crippen LogP contribution in [0.15, 0.2) is 23.6 Å². The molecular weight excluding hydrogens is 371 g/mol. The average molecular weight is 393 g/mol. The molecule has 4 rings (SSSR count). The van der Waals surface area contributed by atoms with Crippen LogP contribution in [-0.4, -0.2) is 49.4 Å². The van der Waals surface area contributed by atoms with E-state index in [1.54, 1.807) is 20.8 Å². The van der Waals surface area contributed by atoms with Crippen molar-refractivity contribution in [2.45, 2.75) is 51.7 Å². The Kier molecular flexibility index (Phi) is 4.33. The minimum atomic E-state index is -4.68. The van der Waals surface area contributed by atoms with Crippen LogP contribution in [0.25, 0.3) is 5.82 Å². The molecule has 2 aromatic rings. The molecule has 0 amide bonds. The SMILES string of the molecule is CC(C)(C)C(CO)N=C(c1nn(-c2cnccn2)c2c1C[C@@H]1C[C@H]21)C(F)(F)F. The highest BCUT2D eigenvalue weighted by Crippen LogP contribution is 2.57. The van der Waals surface area contributed by atoms with Crippen LogP contribution in [0.1, 0.15) is 50.1 Å². The third kappa shape index (κ3) is 3.21. The van der Waals surface area contributed by atoms with Crippen molar-refractivity contribution in [3.8, 4) is 5.82 Å². The highest BCUT2D eigenvalue weighted by Gasteiger charge is 2.52. The summed E-state index contributed by atoms with van der Waals surface area (Å²) in [6, 6.07) is -0.891. The molecule has 6 nitrogen and oxygen atoms in total. The second-order valence-corrected chi connectivity index (χ2v) is 8.53. The summed E-state index contributed by atoms with van der Waals surface area (Å²) in [5.41, 5.74) is -0.420. The molecule has 2 aliphatic carbocycles. The molecule has 3 atom stereocenters. The molecule has 1 unspecified atom stereocenters. The zero-order valence-electron chi connectivity index (χ0n) is 15.9. The van der Waals surface area contributed by atoms with Crippen LogP contribution in [0.5, 0.6) is 0 Å². The third-order valence-electron chi connectivity index (χ3n) is 5.48. The Morgan fingerprint density at radius 2 is 2.07 bits per heavy atom. The highest BCUT2D eigenvalue weighted by molar-refractivity contribution is 6.04. The summed E-state index contributed by atoms with van der Waals surface area (Å²) in [5, 5.41) is 13.9. The van der Waals surface area contributed by atoms with Crippen molar-refractivity contribution in [3.63, 3.8) is 0 Å². The van der Waals surface area contributed by atoms with E-state index in [9.17, 15) is 18.3 Å². The first-order valence-corrected chi connectivity index (χ1v) is 9.25. The molecule has 0 aromatic carbocycles. The Morgan fingerprint density at radius 1 is 1.32 bits per heavy atom. The van der Waals surface area contributed by atoms with Gasteiger partial charge in [0.2, 0.25) is 0 Å². The molecule has 0 spiro atoms. The lowest BCUT2D eigenvalue weighted by atomic mass is 9.87. The fourth-order valence-corrected chi connectivity index (χ4v) is 3.81. The summed E-state index contributed by atoms with van der Waals surface area (Å²) in [7, 11) is 0. The van der Waals surface area contributed by atoms with Crippen molar-refractivity contribution in [2.24, 2.45) is 16.3 Å². The van der Waals surface area contributed by atoms with Gasteiger partial charge in [-0.05, 0) is 24.2 Å². The topological polar surface area (TPSA) is 76.2 Å². The fraction of sp³-hybridized carbons (Fsp3) is 0.579. The molecule has 1 fully saturated rings. The number of aliphatic hydroxyl groups excluding tert-OH is 1. The van der Waals surface area contributed by atoms with E-state index in [2.05, 4.69) is 20.1 Å². The van der Waals surface area contributed by atoms with E-state index >= 15 is 0 Å². The Bertz CT molecular complexity index is 914. The molecule has 2 aromatic heterocycles. The van der Waals surface area contributed by atoms with Crippen molar-refractivity contribution in [1.82, 2.24) is 19.7 Å². The third-order valence-corrected chi connectivity index (χ3v) is 5.48. The van der Waals surface area contributed by atoms with Gasteiger partial charge in [-0.1, -0.05) is 20.8 Å². The zero-order valence-corrected chi connectivity index (χ0v) is 15.9. The second-order valence-electron chi connectivity index (χ2n) is 8.53. The molecule has 0 aliphatic heterocycles. The first-order valence-electron chi connectivity index (χ1n) is 9.25. The summed E-state index contributed by atoms with van der Waals surface area (Å²) in [5.74, 6) is 0.970. The van der Waals surface area contributed by atoms with E-state index in [1.807, 2.05) is 0 Å². The molecule has 2 heterocycles. The zero-order chi connectivity index (χ0) is 20.3. The monoisotopic (exact) mass is 393 g/mol. The number of nitrogens with zero attached hydrogens (tertiary/aromatic N) is 5. The number of hydrogen-bond donors (Lipinski definition) is 1. The summed E-state index contributed by atoms with van der Waals surface area (Å²) in [6.45, 7) is 4.79. The van der Waals surface area contributed by atoms with Crippen molar-refractivity contribution in [2.75, 3.05) is 6.61 Å². The number of aromatic nitrogens is 4. The molecule has 28 heavy (non-hydrogen) atoms. The number of fused-ring (bicyclic) bond motifs is 3. The molecule has 1 saturated carbocycles. The van der Waals surface area contributed by atoms with Gasteiger partial charge in [-0.3, -0.25) is 9.98 Å². The van der Waals surface area contributed by atoms with E-state index in [0.29, 0.717) is 23.7 Å². The fourth-order valence-electron chi connectivity index (χ4n) is 3.81. The van der Waals surface area contributed by atoms with Gasteiger partial charge in [-0.2, -0.15) is 18.3 Å². The van der Waals surface area contributed by atoms with Crippen molar-refractivity contribution in [1.29, 1.82) is 0 Å². The van der Waals surface area contributed by atoms with Crippen LogP contribution in [0.4, 0.5) is 13.2 Å². The first kappa shape index (κ1) is 19.0. The average Bonchev–Trinajstić information content (AvgIpc) is 3.12. The normalized spacial score (nSPS) is 22.8. The van der Waals surface area contributed by atoms with Gasteiger partial charge in [0.15, 0.2) is 11.5 Å². The molecule has 9 heteroatoms. The lowest BCUT2D eigenvalue weighted by Crippen LogP contribution is -2.34. The van der Waals surface area contributed by atoms with Crippen LogP contribution >= 0.6 is 0 Å². The maximum absolute atomic E-state index is 14.0. The van der Waals surface area contributed by atoms with Gasteiger partial charge in [0.05, 0.1) is 24.5 Å². The van der Waals surface area contributed by atoms with Crippen LogP contribution in [-0.2, 0) is 6.42 Å². The number of hydrogen-bond acceptors (Lipinski definition) is 5. The number of aliphatic hydroxyl groups is 1. The van der Waals surface area contributed by atoms with Crippen LogP contribution in [0.2, 0.25) is 0 Å². The summed E-state index contributed by atoms with van der Waals surface area (Å²) in [6.07, 6.45) is 1.32. The Hall–Kier alpha value is -2.29. The maximum atomic E-state index is 14.0. The number of rotatable bonds is 4. The van der Waals surface area contributed by atoms with Crippen molar-refractivity contribution < 1.29 is 18.3 Å². The minimum absolute atomic E-state index is 0.150. The number of alkyl halides is 3. The van der Waals surface area contributed by atoms with Crippen molar-refractivity contribution >= 4 is 5.71 Å². The summed E-state index contributed by atoms with van der Waals surface area (Å²) < 4.78 is 43.5. The lowest BCUT2D eigenvalue weighted by molar-refractivity contribution is -0.0589. The van der Waals surface area contributed by atoms with Crippen LogP contribution < -0.4 is 0 Å². The molecule has 0 saturated heterocycles. The van der Waals surface area contributed by atoms with Gasteiger partial charge < -0.3 is 5.11 Å². The number of halogens is 3. The van der Waals surface area contributed by atoms with Crippen molar-refractivity contribution in [3.05, 3.63) is 35.5 Å². The van der Waals surface area contributed by atoms with E-state index < -0.39 is 30.0 Å². The smallest absolute Gasteiger partial charge is 0.394 e. The Morgan fingerprint density at radius 3 is 2.64 bits per heavy atom. The quantitative estimate of drug-likeness (QED) is 0.810. The van der Waals surface area contributed by atoms with Gasteiger partial charge in [0.25, 0.3) is 0 Å². The molecule has 2 aliphatic rings. The molecule has 0 radical (unpaired) electrons. The maximum Gasteiger partial charge on any atom is 0.435 e. The van der Waals surface area contributed by atoms with E-state index in [4.69, 9.17) is 0 Å². The van der Waals surface area contributed by atoms with Gasteiger partial charge in [-0.15, -0.1) is 0 Å². The highest BCUT2D eigenvalue weighted by atomic mass is 19.4. The Labute approximate surface area is 160 Å².